The Hall–Kier alpha value is -0.820. The molecule has 0 bridgehead atoms. The van der Waals surface area contributed by atoms with E-state index in [1.54, 1.807) is 0 Å². The normalized spacial score (nSPS) is 26.0. The number of rotatable bonds is 7. The van der Waals surface area contributed by atoms with Crippen molar-refractivity contribution >= 4 is 0 Å². The Labute approximate surface area is 131 Å². The highest BCUT2D eigenvalue weighted by molar-refractivity contribution is 5.27. The van der Waals surface area contributed by atoms with Gasteiger partial charge in [-0.2, -0.15) is 0 Å². The summed E-state index contributed by atoms with van der Waals surface area (Å²) in [5.41, 5.74) is 3.37. The van der Waals surface area contributed by atoms with Crippen molar-refractivity contribution in [2.24, 2.45) is 5.41 Å². The molecule has 2 rings (SSSR count). The fraction of sp³-hybridized carbons (Fsp3) is 0.700. The number of hydrogen-bond donors (Lipinski definition) is 1. The molecule has 0 spiro atoms. The zero-order chi connectivity index (χ0) is 15.1. The Morgan fingerprint density at radius 2 is 1.81 bits per heavy atom. The third kappa shape index (κ3) is 4.57. The lowest BCUT2D eigenvalue weighted by Gasteiger charge is -2.42. The van der Waals surface area contributed by atoms with Gasteiger partial charge in [0.25, 0.3) is 0 Å². The van der Waals surface area contributed by atoms with Crippen molar-refractivity contribution in [1.29, 1.82) is 0 Å². The smallest absolute Gasteiger partial charge is 0.00254 e. The summed E-state index contributed by atoms with van der Waals surface area (Å²) in [7, 11) is 0. The van der Waals surface area contributed by atoms with Gasteiger partial charge in [-0.05, 0) is 37.3 Å². The molecule has 0 aliphatic carbocycles. The van der Waals surface area contributed by atoms with Crippen molar-refractivity contribution in [1.82, 2.24) is 5.32 Å². The predicted molar refractivity (Wildman–Crippen MR) is 92.9 cm³/mol. The lowest BCUT2D eigenvalue weighted by atomic mass is 9.66. The van der Waals surface area contributed by atoms with Crippen LogP contribution in [0.15, 0.2) is 24.3 Å². The number of benzene rings is 1. The van der Waals surface area contributed by atoms with E-state index >= 15 is 0 Å². The number of piperidine rings is 1. The van der Waals surface area contributed by atoms with E-state index in [1.165, 1.54) is 62.6 Å². The largest absolute Gasteiger partial charge is 0.316 e. The van der Waals surface area contributed by atoms with Crippen molar-refractivity contribution < 1.29 is 0 Å². The third-order valence-electron chi connectivity index (χ3n) is 5.39. The van der Waals surface area contributed by atoms with E-state index in [0.717, 1.165) is 6.54 Å². The minimum absolute atomic E-state index is 0.479. The summed E-state index contributed by atoms with van der Waals surface area (Å²) in [5.74, 6) is 0.679. The van der Waals surface area contributed by atoms with Gasteiger partial charge in [0.05, 0.1) is 0 Å². The molecule has 1 saturated heterocycles. The van der Waals surface area contributed by atoms with Crippen LogP contribution >= 0.6 is 0 Å². The molecule has 0 saturated carbocycles. The van der Waals surface area contributed by atoms with Crippen LogP contribution in [-0.4, -0.2) is 13.1 Å². The van der Waals surface area contributed by atoms with Crippen LogP contribution < -0.4 is 5.32 Å². The Morgan fingerprint density at radius 3 is 2.52 bits per heavy atom. The van der Waals surface area contributed by atoms with E-state index in [9.17, 15) is 0 Å². The van der Waals surface area contributed by atoms with Gasteiger partial charge in [-0.3, -0.25) is 0 Å². The predicted octanol–water partition coefficient (Wildman–Crippen LogP) is 5.44. The average Bonchev–Trinajstić information content (AvgIpc) is 2.49. The standard InChI is InChI=1S/C20H33N/c1-4-5-6-7-8-13-20(3)14-15-21-16-19(20)18-11-9-17(2)10-12-18/h9-12,19,21H,4-8,13-16H2,1-3H3. The van der Waals surface area contributed by atoms with Crippen LogP contribution in [0.4, 0.5) is 0 Å². The maximum Gasteiger partial charge on any atom is 0.00254 e. The van der Waals surface area contributed by atoms with Gasteiger partial charge >= 0.3 is 0 Å². The number of aryl methyl sites for hydroxylation is 1. The fourth-order valence-electron chi connectivity index (χ4n) is 3.79. The molecule has 1 heteroatoms. The second-order valence-electron chi connectivity index (χ2n) is 7.24. The van der Waals surface area contributed by atoms with Crippen molar-refractivity contribution in [2.75, 3.05) is 13.1 Å². The first-order valence-corrected chi connectivity index (χ1v) is 8.93. The number of unbranched alkanes of at least 4 members (excludes halogenated alkanes) is 4. The highest BCUT2D eigenvalue weighted by Crippen LogP contribution is 2.44. The Kier molecular flexibility index (Phi) is 6.29. The minimum Gasteiger partial charge on any atom is -0.316 e. The summed E-state index contributed by atoms with van der Waals surface area (Å²) in [6.07, 6.45) is 9.68. The molecule has 0 aromatic heterocycles. The van der Waals surface area contributed by atoms with Gasteiger partial charge in [0.1, 0.15) is 0 Å². The Morgan fingerprint density at radius 1 is 1.10 bits per heavy atom. The van der Waals surface area contributed by atoms with Crippen molar-refractivity contribution in [2.45, 2.75) is 71.6 Å². The molecular formula is C20H33N. The highest BCUT2D eigenvalue weighted by atomic mass is 14.9. The first-order valence-electron chi connectivity index (χ1n) is 8.93. The summed E-state index contributed by atoms with van der Waals surface area (Å²) in [6.45, 7) is 9.33. The lowest BCUT2D eigenvalue weighted by molar-refractivity contribution is 0.167. The average molecular weight is 287 g/mol. The zero-order valence-electron chi connectivity index (χ0n) is 14.3. The van der Waals surface area contributed by atoms with Gasteiger partial charge in [-0.15, -0.1) is 0 Å². The van der Waals surface area contributed by atoms with Crippen LogP contribution in [0.1, 0.15) is 75.8 Å². The SMILES string of the molecule is CCCCCCCC1(C)CCNCC1c1ccc(C)cc1. The quantitative estimate of drug-likeness (QED) is 0.659. The molecule has 0 amide bonds. The zero-order valence-corrected chi connectivity index (χ0v) is 14.3. The molecule has 21 heavy (non-hydrogen) atoms. The summed E-state index contributed by atoms with van der Waals surface area (Å²) in [6, 6.07) is 9.24. The van der Waals surface area contributed by atoms with E-state index in [2.05, 4.69) is 50.4 Å². The minimum atomic E-state index is 0.479. The van der Waals surface area contributed by atoms with E-state index in [4.69, 9.17) is 0 Å². The molecule has 1 aliphatic rings. The van der Waals surface area contributed by atoms with Crippen LogP contribution in [0.25, 0.3) is 0 Å². The molecule has 118 valence electrons. The van der Waals surface area contributed by atoms with Crippen LogP contribution in [0, 0.1) is 12.3 Å². The van der Waals surface area contributed by atoms with Crippen LogP contribution in [-0.2, 0) is 0 Å². The van der Waals surface area contributed by atoms with E-state index in [0.29, 0.717) is 11.3 Å². The summed E-state index contributed by atoms with van der Waals surface area (Å²) in [4.78, 5) is 0. The maximum atomic E-state index is 3.61. The van der Waals surface area contributed by atoms with Gasteiger partial charge in [0.15, 0.2) is 0 Å². The lowest BCUT2D eigenvalue weighted by Crippen LogP contribution is -2.42. The Balaban J connectivity index is 1.98. The first kappa shape index (κ1) is 16.5. The van der Waals surface area contributed by atoms with Gasteiger partial charge in [-0.25, -0.2) is 0 Å². The van der Waals surface area contributed by atoms with E-state index in [-0.39, 0.29) is 0 Å². The molecule has 2 unspecified atom stereocenters. The van der Waals surface area contributed by atoms with Crippen molar-refractivity contribution in [3.63, 3.8) is 0 Å². The molecule has 1 aromatic rings. The molecule has 1 aromatic carbocycles. The second kappa shape index (κ2) is 7.98. The van der Waals surface area contributed by atoms with E-state index in [1.807, 2.05) is 0 Å². The molecule has 1 nitrogen and oxygen atoms in total. The molecule has 1 heterocycles. The Bertz CT molecular complexity index is 408. The summed E-state index contributed by atoms with van der Waals surface area (Å²) in [5, 5.41) is 3.61. The monoisotopic (exact) mass is 287 g/mol. The van der Waals surface area contributed by atoms with Gasteiger partial charge in [-0.1, -0.05) is 75.8 Å². The molecule has 1 fully saturated rings. The van der Waals surface area contributed by atoms with Crippen LogP contribution in [0.3, 0.4) is 0 Å². The maximum absolute atomic E-state index is 3.61. The molecule has 2 atom stereocenters. The summed E-state index contributed by atoms with van der Waals surface area (Å²) < 4.78 is 0. The second-order valence-corrected chi connectivity index (χ2v) is 7.24. The van der Waals surface area contributed by atoms with Crippen molar-refractivity contribution in [3.05, 3.63) is 35.4 Å². The molecular weight excluding hydrogens is 254 g/mol. The van der Waals surface area contributed by atoms with Gasteiger partial charge < -0.3 is 5.32 Å². The van der Waals surface area contributed by atoms with Gasteiger partial charge in [0.2, 0.25) is 0 Å². The summed E-state index contributed by atoms with van der Waals surface area (Å²) >= 11 is 0. The third-order valence-corrected chi connectivity index (χ3v) is 5.39. The van der Waals surface area contributed by atoms with Crippen molar-refractivity contribution in [3.8, 4) is 0 Å². The van der Waals surface area contributed by atoms with E-state index < -0.39 is 0 Å². The van der Waals surface area contributed by atoms with Crippen LogP contribution in [0.2, 0.25) is 0 Å². The van der Waals surface area contributed by atoms with Crippen LogP contribution in [0.5, 0.6) is 0 Å². The molecule has 1 N–H and O–H groups in total. The molecule has 0 radical (unpaired) electrons. The number of hydrogen-bond acceptors (Lipinski definition) is 1. The molecule has 1 aliphatic heterocycles. The number of nitrogens with one attached hydrogen (secondary N) is 1. The highest BCUT2D eigenvalue weighted by Gasteiger charge is 2.36. The van der Waals surface area contributed by atoms with Gasteiger partial charge in [0, 0.05) is 12.5 Å². The first-order chi connectivity index (χ1) is 10.2. The fourth-order valence-corrected chi connectivity index (χ4v) is 3.79. The topological polar surface area (TPSA) is 12.0 Å².